The van der Waals surface area contributed by atoms with E-state index in [0.717, 1.165) is 16.9 Å². The molecule has 0 fully saturated rings. The molecule has 0 radical (unpaired) electrons. The number of nitrogens with zero attached hydrogens (tertiary/aromatic N) is 2. The molecule has 0 unspecified atom stereocenters. The molecule has 5 rings (SSSR count). The Labute approximate surface area is 130 Å². The Balaban J connectivity index is 1.69. The van der Waals surface area contributed by atoms with Gasteiger partial charge in [-0.1, -0.05) is 12.1 Å². The average Bonchev–Trinajstić information content (AvgIpc) is 2.99. The van der Waals surface area contributed by atoms with Gasteiger partial charge in [0.2, 0.25) is 0 Å². The predicted molar refractivity (Wildman–Crippen MR) is 90.4 cm³/mol. The van der Waals surface area contributed by atoms with Crippen LogP contribution in [0.4, 0.5) is 5.69 Å². The molecule has 3 nitrogen and oxygen atoms in total. The third-order valence-corrected chi connectivity index (χ3v) is 5.00. The number of rotatable bonds is 1. The molecule has 0 saturated carbocycles. The zero-order valence-corrected chi connectivity index (χ0v) is 12.6. The van der Waals surface area contributed by atoms with Crippen molar-refractivity contribution in [2.24, 2.45) is 0 Å². The van der Waals surface area contributed by atoms with Crippen molar-refractivity contribution < 1.29 is 0 Å². The molecule has 3 heterocycles. The summed E-state index contributed by atoms with van der Waals surface area (Å²) in [6.45, 7) is 2.45. The van der Waals surface area contributed by atoms with Crippen LogP contribution in [0.5, 0.6) is 0 Å². The van der Waals surface area contributed by atoms with E-state index in [2.05, 4.69) is 40.2 Å². The zero-order valence-electron chi connectivity index (χ0n) is 12.6. The van der Waals surface area contributed by atoms with Gasteiger partial charge in [-0.25, -0.2) is 4.98 Å². The normalized spacial score (nSPS) is 16.8. The Morgan fingerprint density at radius 1 is 0.955 bits per heavy atom. The lowest BCUT2D eigenvalue weighted by Gasteiger charge is -2.37. The third kappa shape index (κ3) is 1.78. The van der Waals surface area contributed by atoms with Crippen molar-refractivity contribution in [1.29, 1.82) is 0 Å². The van der Waals surface area contributed by atoms with Crippen molar-refractivity contribution in [2.75, 3.05) is 18.0 Å². The minimum absolute atomic E-state index is 1.00. The van der Waals surface area contributed by atoms with Crippen LogP contribution < -0.4 is 4.90 Å². The van der Waals surface area contributed by atoms with Crippen LogP contribution in [-0.4, -0.2) is 23.1 Å². The smallest absolute Gasteiger partial charge is 0.138 e. The minimum atomic E-state index is 1.00. The first-order valence-electron chi connectivity index (χ1n) is 8.24. The van der Waals surface area contributed by atoms with E-state index in [0.29, 0.717) is 0 Å². The molecule has 3 heteroatoms. The van der Waals surface area contributed by atoms with Crippen molar-refractivity contribution in [3.63, 3.8) is 0 Å². The van der Waals surface area contributed by atoms with E-state index in [-0.39, 0.29) is 0 Å². The highest BCUT2D eigenvalue weighted by Crippen LogP contribution is 2.38. The van der Waals surface area contributed by atoms with Gasteiger partial charge in [-0.05, 0) is 61.1 Å². The number of aryl methyl sites for hydroxylation is 2. The highest BCUT2D eigenvalue weighted by molar-refractivity contribution is 5.80. The molecule has 110 valence electrons. The van der Waals surface area contributed by atoms with Crippen molar-refractivity contribution in [3.05, 3.63) is 47.5 Å². The topological polar surface area (TPSA) is 31.9 Å². The fraction of sp³-hybridized carbons (Fsp3) is 0.316. The van der Waals surface area contributed by atoms with Gasteiger partial charge in [0, 0.05) is 24.3 Å². The number of nitrogens with one attached hydrogen (secondary N) is 1. The van der Waals surface area contributed by atoms with Gasteiger partial charge >= 0.3 is 0 Å². The van der Waals surface area contributed by atoms with Crippen LogP contribution in [-0.2, 0) is 12.8 Å². The first kappa shape index (κ1) is 12.3. The lowest BCUT2D eigenvalue weighted by Crippen LogP contribution is -2.34. The number of imidazole rings is 1. The molecule has 0 aliphatic carbocycles. The first-order valence-corrected chi connectivity index (χ1v) is 8.24. The van der Waals surface area contributed by atoms with E-state index >= 15 is 0 Å². The van der Waals surface area contributed by atoms with Crippen LogP contribution in [0.25, 0.3) is 22.4 Å². The van der Waals surface area contributed by atoms with Gasteiger partial charge < -0.3 is 9.88 Å². The largest absolute Gasteiger partial charge is 0.371 e. The van der Waals surface area contributed by atoms with Gasteiger partial charge in [0.25, 0.3) is 0 Å². The molecule has 2 aliphatic heterocycles. The van der Waals surface area contributed by atoms with E-state index in [9.17, 15) is 0 Å². The molecule has 0 atom stereocenters. The minimum Gasteiger partial charge on any atom is -0.371 e. The quantitative estimate of drug-likeness (QED) is 0.736. The van der Waals surface area contributed by atoms with Gasteiger partial charge in [-0.2, -0.15) is 0 Å². The highest BCUT2D eigenvalue weighted by atomic mass is 15.1. The molecule has 0 bridgehead atoms. The van der Waals surface area contributed by atoms with E-state index in [1.807, 2.05) is 6.07 Å². The molecule has 0 spiro atoms. The Bertz CT molecular complexity index is 798. The fourth-order valence-corrected chi connectivity index (χ4v) is 4.03. The molecule has 1 aromatic heterocycles. The Kier molecular flexibility index (Phi) is 2.57. The second kappa shape index (κ2) is 4.60. The summed E-state index contributed by atoms with van der Waals surface area (Å²) in [6.07, 6.45) is 4.95. The lowest BCUT2D eigenvalue weighted by atomic mass is 9.90. The molecule has 2 aromatic carbocycles. The number of H-pyrrole nitrogens is 1. The van der Waals surface area contributed by atoms with Crippen LogP contribution in [0.1, 0.15) is 24.0 Å². The molecule has 0 saturated heterocycles. The summed E-state index contributed by atoms with van der Waals surface area (Å²) in [4.78, 5) is 10.8. The number of aromatic nitrogens is 2. The maximum atomic E-state index is 4.78. The molecule has 22 heavy (non-hydrogen) atoms. The second-order valence-electron chi connectivity index (χ2n) is 6.44. The van der Waals surface area contributed by atoms with Gasteiger partial charge in [0.05, 0.1) is 11.0 Å². The molecule has 1 N–H and O–H groups in total. The molecular weight excluding hydrogens is 270 g/mol. The standard InChI is InChI=1S/C19H19N3/c1-2-8-17-16(7-1)20-19(21-17)15-11-13-5-3-9-22-10-4-6-14(12-15)18(13)22/h1-2,7-8,11-12H,3-6,9-10H2,(H,20,21). The van der Waals surface area contributed by atoms with Crippen molar-refractivity contribution in [2.45, 2.75) is 25.7 Å². The average molecular weight is 289 g/mol. The van der Waals surface area contributed by atoms with Crippen LogP contribution in [0.3, 0.4) is 0 Å². The van der Waals surface area contributed by atoms with Gasteiger partial charge in [-0.3, -0.25) is 0 Å². The SMILES string of the molecule is c1ccc2[nH]c(-c3cc4c5c(c3)CCCN5CCC4)nc2c1. The fourth-order valence-electron chi connectivity index (χ4n) is 4.03. The van der Waals surface area contributed by atoms with E-state index in [1.54, 1.807) is 0 Å². The number of fused-ring (bicyclic) bond motifs is 1. The first-order chi connectivity index (χ1) is 10.9. The lowest BCUT2D eigenvalue weighted by molar-refractivity contribution is 0.634. The predicted octanol–water partition coefficient (Wildman–Crippen LogP) is 3.93. The summed E-state index contributed by atoms with van der Waals surface area (Å²) in [5.74, 6) is 1.00. The van der Waals surface area contributed by atoms with E-state index < -0.39 is 0 Å². The number of aromatic amines is 1. The molecule has 0 amide bonds. The number of benzene rings is 2. The summed E-state index contributed by atoms with van der Waals surface area (Å²) in [5.41, 5.74) is 7.96. The molecule has 2 aliphatic rings. The van der Waals surface area contributed by atoms with Crippen LogP contribution >= 0.6 is 0 Å². The summed E-state index contributed by atoms with van der Waals surface area (Å²) in [5, 5.41) is 0. The number of para-hydroxylation sites is 2. The summed E-state index contributed by atoms with van der Waals surface area (Å²) in [6, 6.07) is 13.0. The van der Waals surface area contributed by atoms with Crippen molar-refractivity contribution in [3.8, 4) is 11.4 Å². The summed E-state index contributed by atoms with van der Waals surface area (Å²) in [7, 11) is 0. The Hall–Kier alpha value is -2.29. The van der Waals surface area contributed by atoms with Gasteiger partial charge in [-0.15, -0.1) is 0 Å². The molecular formula is C19H19N3. The monoisotopic (exact) mass is 289 g/mol. The number of hydrogen-bond donors (Lipinski definition) is 1. The van der Waals surface area contributed by atoms with E-state index in [4.69, 9.17) is 4.98 Å². The Morgan fingerprint density at radius 2 is 1.68 bits per heavy atom. The van der Waals surface area contributed by atoms with Crippen LogP contribution in [0.2, 0.25) is 0 Å². The maximum Gasteiger partial charge on any atom is 0.138 e. The third-order valence-electron chi connectivity index (χ3n) is 5.00. The van der Waals surface area contributed by atoms with Crippen molar-refractivity contribution >= 4 is 16.7 Å². The van der Waals surface area contributed by atoms with Gasteiger partial charge in [0.1, 0.15) is 5.82 Å². The number of anilines is 1. The maximum absolute atomic E-state index is 4.78. The zero-order chi connectivity index (χ0) is 14.5. The van der Waals surface area contributed by atoms with Crippen molar-refractivity contribution in [1.82, 2.24) is 9.97 Å². The highest BCUT2D eigenvalue weighted by Gasteiger charge is 2.24. The van der Waals surface area contributed by atoms with Gasteiger partial charge in [0.15, 0.2) is 0 Å². The molecule has 3 aromatic rings. The summed E-state index contributed by atoms with van der Waals surface area (Å²) >= 11 is 0. The number of hydrogen-bond acceptors (Lipinski definition) is 2. The van der Waals surface area contributed by atoms with Crippen LogP contribution in [0, 0.1) is 0 Å². The summed E-state index contributed by atoms with van der Waals surface area (Å²) < 4.78 is 0. The second-order valence-corrected chi connectivity index (χ2v) is 6.44. The van der Waals surface area contributed by atoms with E-state index in [1.165, 1.54) is 61.2 Å². The van der Waals surface area contributed by atoms with Crippen LogP contribution in [0.15, 0.2) is 36.4 Å². The Morgan fingerprint density at radius 3 is 2.41 bits per heavy atom.